The molecular formula is C22H33ClN6O4. The van der Waals surface area contributed by atoms with Crippen LogP contribution >= 0.6 is 11.6 Å². The molecule has 0 saturated carbocycles. The molecule has 2 aliphatic rings. The normalized spacial score (nSPS) is 20.7. The van der Waals surface area contributed by atoms with E-state index in [-0.39, 0.29) is 11.5 Å². The minimum absolute atomic E-state index is 0.153. The van der Waals surface area contributed by atoms with Gasteiger partial charge >= 0.3 is 6.09 Å². The monoisotopic (exact) mass is 480 g/mol. The Kier molecular flexibility index (Phi) is 6.97. The number of halogens is 1. The van der Waals surface area contributed by atoms with Crippen LogP contribution in [0.25, 0.3) is 11.2 Å². The Hall–Kier alpha value is -2.17. The van der Waals surface area contributed by atoms with Crippen molar-refractivity contribution in [1.29, 1.82) is 0 Å². The summed E-state index contributed by atoms with van der Waals surface area (Å²) in [6, 6.07) is -0.393. The van der Waals surface area contributed by atoms with Gasteiger partial charge in [0, 0.05) is 26.7 Å². The molecule has 2 aromatic rings. The van der Waals surface area contributed by atoms with Gasteiger partial charge in [-0.05, 0) is 58.6 Å². The van der Waals surface area contributed by atoms with Crippen LogP contribution in [0.2, 0.25) is 5.28 Å². The highest BCUT2D eigenvalue weighted by Crippen LogP contribution is 2.35. The Labute approximate surface area is 199 Å². The van der Waals surface area contributed by atoms with Crippen LogP contribution in [0.15, 0.2) is 0 Å². The highest BCUT2D eigenvalue weighted by atomic mass is 35.5. The van der Waals surface area contributed by atoms with E-state index < -0.39 is 17.7 Å². The lowest BCUT2D eigenvalue weighted by molar-refractivity contribution is -0.0337. The summed E-state index contributed by atoms with van der Waals surface area (Å²) >= 11 is 6.38. The zero-order chi connectivity index (χ0) is 23.8. The maximum Gasteiger partial charge on any atom is 0.410 e. The van der Waals surface area contributed by atoms with E-state index in [0.29, 0.717) is 55.7 Å². The number of imidazole rings is 1. The van der Waals surface area contributed by atoms with Gasteiger partial charge in [0.05, 0.1) is 19.3 Å². The summed E-state index contributed by atoms with van der Waals surface area (Å²) in [4.78, 5) is 30.5. The van der Waals surface area contributed by atoms with E-state index in [0.717, 1.165) is 19.3 Å². The van der Waals surface area contributed by atoms with E-state index in [9.17, 15) is 4.79 Å². The number of fused-ring (bicyclic) bond motifs is 1. The number of hydrogen-bond acceptors (Lipinski definition) is 8. The van der Waals surface area contributed by atoms with Gasteiger partial charge in [-0.3, -0.25) is 4.57 Å². The van der Waals surface area contributed by atoms with Gasteiger partial charge in [-0.1, -0.05) is 0 Å². The third-order valence-corrected chi connectivity index (χ3v) is 6.08. The van der Waals surface area contributed by atoms with Gasteiger partial charge in [-0.15, -0.1) is 0 Å². The van der Waals surface area contributed by atoms with Crippen LogP contribution < -0.4 is 4.90 Å². The Bertz CT molecular complexity index is 995. The Morgan fingerprint density at radius 3 is 2.55 bits per heavy atom. The van der Waals surface area contributed by atoms with E-state index >= 15 is 0 Å². The van der Waals surface area contributed by atoms with Gasteiger partial charge in [-0.2, -0.15) is 9.97 Å². The third-order valence-electron chi connectivity index (χ3n) is 5.91. The molecule has 33 heavy (non-hydrogen) atoms. The van der Waals surface area contributed by atoms with E-state index in [1.807, 2.05) is 32.3 Å². The molecular weight excluding hydrogens is 448 g/mol. The fourth-order valence-corrected chi connectivity index (χ4v) is 4.28. The molecule has 0 N–H and O–H groups in total. The summed E-state index contributed by atoms with van der Waals surface area (Å²) in [5.41, 5.74) is 0.665. The van der Waals surface area contributed by atoms with Crippen molar-refractivity contribution in [3.8, 4) is 0 Å². The van der Waals surface area contributed by atoms with Gasteiger partial charge in [0.1, 0.15) is 17.7 Å². The molecule has 10 nitrogen and oxygen atoms in total. The number of morpholine rings is 1. The summed E-state index contributed by atoms with van der Waals surface area (Å²) in [6.07, 6.45) is 2.22. The summed E-state index contributed by atoms with van der Waals surface area (Å²) in [7, 11) is 1.71. The second kappa shape index (κ2) is 9.60. The molecule has 0 aliphatic carbocycles. The molecule has 11 heteroatoms. The lowest BCUT2D eigenvalue weighted by Crippen LogP contribution is -2.37. The lowest BCUT2D eigenvalue weighted by atomic mass is 10.1. The molecule has 2 unspecified atom stereocenters. The van der Waals surface area contributed by atoms with Crippen LogP contribution in [0, 0.1) is 0 Å². The maximum atomic E-state index is 12.8. The summed E-state index contributed by atoms with van der Waals surface area (Å²) < 4.78 is 19.2. The van der Waals surface area contributed by atoms with Gasteiger partial charge in [0.15, 0.2) is 17.0 Å². The average molecular weight is 481 g/mol. The molecule has 182 valence electrons. The SMILES string of the molecule is CC(c1nc2c(N3CCOCC3)nc(Cl)nc2n1C1CCCCO1)N(C)C(=O)OC(C)(C)C. The first kappa shape index (κ1) is 24.0. The molecule has 4 rings (SSSR count). The lowest BCUT2D eigenvalue weighted by Gasteiger charge is -2.31. The Balaban J connectivity index is 1.81. The predicted molar refractivity (Wildman–Crippen MR) is 125 cm³/mol. The molecule has 0 radical (unpaired) electrons. The van der Waals surface area contributed by atoms with Gasteiger partial charge in [0.2, 0.25) is 5.28 Å². The highest BCUT2D eigenvalue weighted by Gasteiger charge is 2.33. The third kappa shape index (κ3) is 5.17. The van der Waals surface area contributed by atoms with Crippen molar-refractivity contribution in [3.05, 3.63) is 11.1 Å². The summed E-state index contributed by atoms with van der Waals surface area (Å²) in [5, 5.41) is 0.153. The van der Waals surface area contributed by atoms with E-state index in [2.05, 4.69) is 14.9 Å². The number of rotatable bonds is 4. The van der Waals surface area contributed by atoms with Crippen molar-refractivity contribution in [2.24, 2.45) is 0 Å². The minimum atomic E-state index is -0.597. The number of amides is 1. The number of carbonyl (C=O) groups excluding carboxylic acids is 1. The Morgan fingerprint density at radius 1 is 1.18 bits per heavy atom. The topological polar surface area (TPSA) is 94.8 Å². The van der Waals surface area contributed by atoms with Gasteiger partial charge in [-0.25, -0.2) is 9.78 Å². The number of carbonyl (C=O) groups is 1. The zero-order valence-corrected chi connectivity index (χ0v) is 20.8. The van der Waals surface area contributed by atoms with Crippen molar-refractivity contribution in [3.63, 3.8) is 0 Å². The number of nitrogens with zero attached hydrogens (tertiary/aromatic N) is 6. The first-order valence-corrected chi connectivity index (χ1v) is 11.9. The van der Waals surface area contributed by atoms with E-state index in [1.54, 1.807) is 11.9 Å². The maximum absolute atomic E-state index is 12.8. The van der Waals surface area contributed by atoms with Gasteiger partial charge < -0.3 is 24.0 Å². The average Bonchev–Trinajstić information content (AvgIpc) is 3.16. The van der Waals surface area contributed by atoms with Gasteiger partial charge in [0.25, 0.3) is 0 Å². The standard InChI is InChI=1S/C22H33ClN6O4/c1-14(27(5)21(30)33-22(2,3)4)17-24-16-18(28-9-12-31-13-10-28)25-20(23)26-19(16)29(17)15-8-6-7-11-32-15/h14-15H,6-13H2,1-5H3. The first-order valence-electron chi connectivity index (χ1n) is 11.5. The quantitative estimate of drug-likeness (QED) is 0.607. The number of ether oxygens (including phenoxy) is 3. The van der Waals surface area contributed by atoms with Crippen molar-refractivity contribution in [2.75, 3.05) is 44.9 Å². The molecule has 0 bridgehead atoms. The molecule has 2 fully saturated rings. The van der Waals surface area contributed by atoms with Crippen LogP contribution in [0.3, 0.4) is 0 Å². The van der Waals surface area contributed by atoms with E-state index in [1.165, 1.54) is 0 Å². The van der Waals surface area contributed by atoms with Crippen molar-refractivity contribution >= 4 is 34.7 Å². The highest BCUT2D eigenvalue weighted by molar-refractivity contribution is 6.28. The van der Waals surface area contributed by atoms with Crippen LogP contribution in [0.1, 0.15) is 65.1 Å². The summed E-state index contributed by atoms with van der Waals surface area (Å²) in [5.74, 6) is 1.34. The number of hydrogen-bond donors (Lipinski definition) is 0. The molecule has 0 aromatic carbocycles. The number of anilines is 1. The van der Waals surface area contributed by atoms with Crippen molar-refractivity contribution < 1.29 is 19.0 Å². The minimum Gasteiger partial charge on any atom is -0.444 e. The molecule has 1 amide bonds. The second-order valence-corrected chi connectivity index (χ2v) is 9.85. The largest absolute Gasteiger partial charge is 0.444 e. The van der Waals surface area contributed by atoms with Crippen molar-refractivity contribution in [1.82, 2.24) is 24.4 Å². The molecule has 2 aromatic heterocycles. The molecule has 2 aliphatic heterocycles. The molecule has 0 spiro atoms. The van der Waals surface area contributed by atoms with Crippen molar-refractivity contribution in [2.45, 2.75) is 64.8 Å². The first-order chi connectivity index (χ1) is 15.7. The summed E-state index contributed by atoms with van der Waals surface area (Å²) in [6.45, 7) is 10.7. The Morgan fingerprint density at radius 2 is 1.91 bits per heavy atom. The molecule has 2 atom stereocenters. The van der Waals surface area contributed by atoms with Crippen LogP contribution in [0.5, 0.6) is 0 Å². The van der Waals surface area contributed by atoms with E-state index in [4.69, 9.17) is 30.8 Å². The van der Waals surface area contributed by atoms with Crippen LogP contribution in [-0.4, -0.2) is 76.1 Å². The molecule has 2 saturated heterocycles. The number of aromatic nitrogens is 4. The fraction of sp³-hybridized carbons (Fsp3) is 0.727. The zero-order valence-electron chi connectivity index (χ0n) is 20.0. The fourth-order valence-electron chi connectivity index (χ4n) is 4.12. The smallest absolute Gasteiger partial charge is 0.410 e. The predicted octanol–water partition coefficient (Wildman–Crippen LogP) is 3.94. The van der Waals surface area contributed by atoms with Crippen LogP contribution in [0.4, 0.5) is 10.6 Å². The van der Waals surface area contributed by atoms with Crippen LogP contribution in [-0.2, 0) is 14.2 Å². The second-order valence-electron chi connectivity index (χ2n) is 9.52. The molecule has 4 heterocycles.